The van der Waals surface area contributed by atoms with Crippen LogP contribution < -0.4 is 10.1 Å². The second-order valence-corrected chi connectivity index (χ2v) is 4.47. The van der Waals surface area contributed by atoms with Gasteiger partial charge in [0.05, 0.1) is 13.7 Å². The van der Waals surface area contributed by atoms with Crippen LogP contribution in [0.4, 0.5) is 4.39 Å². The molecule has 1 aromatic heterocycles. The second-order valence-electron chi connectivity index (χ2n) is 4.47. The Morgan fingerprint density at radius 1 is 1.47 bits per heavy atom. The first-order valence-electron chi connectivity index (χ1n) is 6.22. The molecule has 0 radical (unpaired) electrons. The molecular formula is C14H18FN3O. The van der Waals surface area contributed by atoms with Crippen LogP contribution in [0.1, 0.15) is 12.5 Å². The van der Waals surface area contributed by atoms with Crippen LogP contribution in [0.15, 0.2) is 36.7 Å². The van der Waals surface area contributed by atoms with Gasteiger partial charge in [-0.3, -0.25) is 4.68 Å². The smallest absolute Gasteiger partial charge is 0.131 e. The summed E-state index contributed by atoms with van der Waals surface area (Å²) in [4.78, 5) is 0. The van der Waals surface area contributed by atoms with Crippen molar-refractivity contribution in [1.82, 2.24) is 15.1 Å². The lowest BCUT2D eigenvalue weighted by Gasteiger charge is -2.14. The van der Waals surface area contributed by atoms with Gasteiger partial charge < -0.3 is 10.1 Å². The van der Waals surface area contributed by atoms with Crippen LogP contribution in [0, 0.1) is 5.82 Å². The molecule has 1 N–H and O–H groups in total. The summed E-state index contributed by atoms with van der Waals surface area (Å²) in [6, 6.07) is 6.99. The van der Waals surface area contributed by atoms with Crippen molar-refractivity contribution in [2.24, 2.45) is 0 Å². The number of halogens is 1. The van der Waals surface area contributed by atoms with E-state index in [2.05, 4.69) is 10.4 Å². The van der Waals surface area contributed by atoms with Gasteiger partial charge in [-0.2, -0.15) is 5.10 Å². The fourth-order valence-electron chi connectivity index (χ4n) is 1.84. The van der Waals surface area contributed by atoms with E-state index in [1.165, 1.54) is 13.2 Å². The number of nitrogens with zero attached hydrogens (tertiary/aromatic N) is 2. The third-order valence-corrected chi connectivity index (χ3v) is 2.92. The fraction of sp³-hybridized carbons (Fsp3) is 0.357. The molecule has 102 valence electrons. The molecule has 2 aromatic rings. The van der Waals surface area contributed by atoms with Crippen LogP contribution in [0.3, 0.4) is 0 Å². The Labute approximate surface area is 112 Å². The van der Waals surface area contributed by atoms with E-state index in [1.54, 1.807) is 18.3 Å². The Balaban J connectivity index is 1.88. The van der Waals surface area contributed by atoms with E-state index >= 15 is 0 Å². The van der Waals surface area contributed by atoms with E-state index in [9.17, 15) is 4.39 Å². The van der Waals surface area contributed by atoms with Gasteiger partial charge in [0.15, 0.2) is 0 Å². The molecule has 1 aromatic carbocycles. The maximum atomic E-state index is 13.7. The molecule has 1 heterocycles. The van der Waals surface area contributed by atoms with Gasteiger partial charge >= 0.3 is 0 Å². The predicted octanol–water partition coefficient (Wildman–Crippen LogP) is 2.21. The van der Waals surface area contributed by atoms with Crippen LogP contribution in [0.5, 0.6) is 5.75 Å². The minimum absolute atomic E-state index is 0.210. The molecule has 0 saturated heterocycles. The molecule has 4 nitrogen and oxygen atoms in total. The number of methoxy groups -OCH3 is 1. The molecule has 2 rings (SSSR count). The zero-order chi connectivity index (χ0) is 13.7. The van der Waals surface area contributed by atoms with Crippen LogP contribution in [0.25, 0.3) is 0 Å². The highest BCUT2D eigenvalue weighted by atomic mass is 19.1. The summed E-state index contributed by atoms with van der Waals surface area (Å²) in [7, 11) is 1.53. The van der Waals surface area contributed by atoms with Crippen LogP contribution in [-0.2, 0) is 13.1 Å². The first-order chi connectivity index (χ1) is 9.19. The average molecular weight is 263 g/mol. The summed E-state index contributed by atoms with van der Waals surface area (Å²) in [5.74, 6) is 0.281. The minimum Gasteiger partial charge on any atom is -0.497 e. The van der Waals surface area contributed by atoms with Crippen molar-refractivity contribution in [1.29, 1.82) is 0 Å². The van der Waals surface area contributed by atoms with Gasteiger partial charge in [-0.05, 0) is 19.1 Å². The topological polar surface area (TPSA) is 39.1 Å². The summed E-state index contributed by atoms with van der Waals surface area (Å²) in [5.41, 5.74) is 0.633. The Morgan fingerprint density at radius 2 is 2.32 bits per heavy atom. The van der Waals surface area contributed by atoms with Crippen LogP contribution in [0.2, 0.25) is 0 Å². The third kappa shape index (κ3) is 3.79. The lowest BCUT2D eigenvalue weighted by Crippen LogP contribution is -2.30. The van der Waals surface area contributed by atoms with Crippen molar-refractivity contribution in [3.63, 3.8) is 0 Å². The molecule has 0 aliphatic heterocycles. The molecule has 0 saturated carbocycles. The zero-order valence-corrected chi connectivity index (χ0v) is 11.1. The molecular weight excluding hydrogens is 245 g/mol. The molecule has 1 atom stereocenters. The molecule has 0 bridgehead atoms. The molecule has 0 amide bonds. The standard InChI is InChI=1S/C14H18FN3O/c1-11(10-18-7-3-6-17-18)16-9-12-4-5-13(19-2)8-14(12)15/h3-8,11,16H,9-10H2,1-2H3. The van der Waals surface area contributed by atoms with Gasteiger partial charge in [0, 0.05) is 36.6 Å². The Bertz CT molecular complexity index is 513. The Morgan fingerprint density at radius 3 is 2.95 bits per heavy atom. The van der Waals surface area contributed by atoms with Crippen molar-refractivity contribution < 1.29 is 9.13 Å². The van der Waals surface area contributed by atoms with E-state index in [1.807, 2.05) is 23.9 Å². The number of hydrogen-bond donors (Lipinski definition) is 1. The first-order valence-corrected chi connectivity index (χ1v) is 6.22. The van der Waals surface area contributed by atoms with Gasteiger partial charge in [0.25, 0.3) is 0 Å². The van der Waals surface area contributed by atoms with Crippen LogP contribution in [-0.4, -0.2) is 22.9 Å². The lowest BCUT2D eigenvalue weighted by molar-refractivity contribution is 0.409. The van der Waals surface area contributed by atoms with Crippen molar-refractivity contribution in [3.05, 3.63) is 48.0 Å². The average Bonchev–Trinajstić information content (AvgIpc) is 2.90. The molecule has 1 unspecified atom stereocenters. The van der Waals surface area contributed by atoms with Gasteiger partial charge in [0.2, 0.25) is 0 Å². The number of aromatic nitrogens is 2. The second kappa shape index (κ2) is 6.33. The lowest BCUT2D eigenvalue weighted by atomic mass is 10.2. The highest BCUT2D eigenvalue weighted by Crippen LogP contribution is 2.16. The van der Waals surface area contributed by atoms with E-state index in [0.29, 0.717) is 17.9 Å². The largest absolute Gasteiger partial charge is 0.497 e. The minimum atomic E-state index is -0.252. The van der Waals surface area contributed by atoms with E-state index in [0.717, 1.165) is 6.54 Å². The zero-order valence-electron chi connectivity index (χ0n) is 11.1. The predicted molar refractivity (Wildman–Crippen MR) is 71.5 cm³/mol. The monoisotopic (exact) mass is 263 g/mol. The van der Waals surface area contributed by atoms with Crippen molar-refractivity contribution in [2.45, 2.75) is 26.1 Å². The number of benzene rings is 1. The number of nitrogens with one attached hydrogen (secondary N) is 1. The summed E-state index contributed by atoms with van der Waals surface area (Å²) >= 11 is 0. The maximum absolute atomic E-state index is 13.7. The van der Waals surface area contributed by atoms with Crippen LogP contribution >= 0.6 is 0 Å². The summed E-state index contributed by atoms with van der Waals surface area (Å²) < 4.78 is 20.6. The molecule has 5 heteroatoms. The summed E-state index contributed by atoms with van der Waals surface area (Å²) in [6.45, 7) is 3.28. The first kappa shape index (κ1) is 13.5. The molecule has 0 aliphatic rings. The van der Waals surface area contributed by atoms with Crippen molar-refractivity contribution in [2.75, 3.05) is 7.11 Å². The van der Waals surface area contributed by atoms with Gasteiger partial charge in [0.1, 0.15) is 11.6 Å². The summed E-state index contributed by atoms with van der Waals surface area (Å²) in [5, 5.41) is 7.41. The van der Waals surface area contributed by atoms with Gasteiger partial charge in [-0.1, -0.05) is 6.07 Å². The molecule has 19 heavy (non-hydrogen) atoms. The third-order valence-electron chi connectivity index (χ3n) is 2.92. The van der Waals surface area contributed by atoms with E-state index < -0.39 is 0 Å². The fourth-order valence-corrected chi connectivity index (χ4v) is 1.84. The number of ether oxygens (including phenoxy) is 1. The maximum Gasteiger partial charge on any atom is 0.131 e. The highest BCUT2D eigenvalue weighted by molar-refractivity contribution is 5.28. The SMILES string of the molecule is COc1ccc(CNC(C)Cn2cccn2)c(F)c1. The Kier molecular flexibility index (Phi) is 4.52. The quantitative estimate of drug-likeness (QED) is 0.868. The highest BCUT2D eigenvalue weighted by Gasteiger charge is 2.07. The van der Waals surface area contributed by atoms with Gasteiger partial charge in [-0.15, -0.1) is 0 Å². The van der Waals surface area contributed by atoms with Crippen molar-refractivity contribution in [3.8, 4) is 5.75 Å². The molecule has 0 aliphatic carbocycles. The molecule has 0 fully saturated rings. The number of rotatable bonds is 6. The number of hydrogen-bond acceptors (Lipinski definition) is 3. The van der Waals surface area contributed by atoms with E-state index in [-0.39, 0.29) is 11.9 Å². The van der Waals surface area contributed by atoms with E-state index in [4.69, 9.17) is 4.74 Å². The molecule has 0 spiro atoms. The normalized spacial score (nSPS) is 12.4. The Hall–Kier alpha value is -1.88. The summed E-state index contributed by atoms with van der Waals surface area (Å²) in [6.07, 6.45) is 3.65. The van der Waals surface area contributed by atoms with Gasteiger partial charge in [-0.25, -0.2) is 4.39 Å². The van der Waals surface area contributed by atoms with Crippen molar-refractivity contribution >= 4 is 0 Å².